The fraction of sp³-hybridized carbons (Fsp3) is 0.348. The van der Waals surface area contributed by atoms with Gasteiger partial charge in [0.25, 0.3) is 17.8 Å². The molecule has 0 saturated carbocycles. The van der Waals surface area contributed by atoms with Gasteiger partial charge in [0.05, 0.1) is 17.8 Å². The predicted molar refractivity (Wildman–Crippen MR) is 122 cm³/mol. The highest BCUT2D eigenvalue weighted by atomic mass is 19.1. The Labute approximate surface area is 195 Å². The smallest absolute Gasteiger partial charge is 0.316 e. The summed E-state index contributed by atoms with van der Waals surface area (Å²) in [6.45, 7) is 4.10. The summed E-state index contributed by atoms with van der Waals surface area (Å²) in [5, 5.41) is 5.49. The van der Waals surface area contributed by atoms with E-state index in [0.29, 0.717) is 24.2 Å². The highest BCUT2D eigenvalue weighted by Crippen LogP contribution is 2.24. The summed E-state index contributed by atoms with van der Waals surface area (Å²) < 4.78 is 25.7. The lowest BCUT2D eigenvalue weighted by molar-refractivity contribution is 0.0723. The number of hydrogen-bond acceptors (Lipinski definition) is 8. The standard InChI is InChI=1S/C23H25FN6O4/c1-14(2)27-20(31)15-6-3-4-7-17(15)28-21(32)18-13-33-23(29-18)30-11-8-19(16(24)12-30)34-22-25-9-5-10-26-22/h3-7,9-10,13-14,16,19H,8,11-12H2,1-2H3,(H,27,31)(H,28,32)/t16-,19+/m0/s1. The third-order valence-electron chi connectivity index (χ3n) is 5.12. The lowest BCUT2D eigenvalue weighted by Crippen LogP contribution is -2.47. The van der Waals surface area contributed by atoms with E-state index in [1.807, 2.05) is 13.8 Å². The van der Waals surface area contributed by atoms with Crippen LogP contribution in [0.2, 0.25) is 0 Å². The quantitative estimate of drug-likeness (QED) is 0.543. The highest BCUT2D eigenvalue weighted by Gasteiger charge is 2.33. The van der Waals surface area contributed by atoms with Gasteiger partial charge < -0.3 is 24.7 Å². The van der Waals surface area contributed by atoms with E-state index < -0.39 is 18.2 Å². The normalized spacial score (nSPS) is 17.9. The van der Waals surface area contributed by atoms with Crippen molar-refractivity contribution >= 4 is 23.5 Å². The number of hydrogen-bond donors (Lipinski definition) is 2. The Hall–Kier alpha value is -4.02. The van der Waals surface area contributed by atoms with E-state index in [4.69, 9.17) is 9.15 Å². The van der Waals surface area contributed by atoms with Crippen molar-refractivity contribution in [1.29, 1.82) is 0 Å². The topological polar surface area (TPSA) is 122 Å². The molecular formula is C23H25FN6O4. The molecule has 1 aromatic carbocycles. The molecule has 11 heteroatoms. The first kappa shape index (κ1) is 23.1. The highest BCUT2D eigenvalue weighted by molar-refractivity contribution is 6.08. The first-order valence-corrected chi connectivity index (χ1v) is 10.9. The summed E-state index contributed by atoms with van der Waals surface area (Å²) in [4.78, 5) is 38.9. The molecular weight excluding hydrogens is 443 g/mol. The third-order valence-corrected chi connectivity index (χ3v) is 5.12. The molecule has 3 heterocycles. The average molecular weight is 468 g/mol. The molecule has 2 N–H and O–H groups in total. The minimum Gasteiger partial charge on any atom is -0.457 e. The maximum Gasteiger partial charge on any atom is 0.316 e. The Kier molecular flexibility index (Phi) is 7.00. The van der Waals surface area contributed by atoms with Gasteiger partial charge in [0.2, 0.25) is 0 Å². The molecule has 1 aliphatic rings. The summed E-state index contributed by atoms with van der Waals surface area (Å²) in [6, 6.07) is 8.53. The minimum absolute atomic E-state index is 0.0144. The van der Waals surface area contributed by atoms with Crippen LogP contribution < -0.4 is 20.3 Å². The summed E-state index contributed by atoms with van der Waals surface area (Å²) in [7, 11) is 0. The van der Waals surface area contributed by atoms with Crippen molar-refractivity contribution in [2.75, 3.05) is 23.3 Å². The van der Waals surface area contributed by atoms with E-state index in [2.05, 4.69) is 25.6 Å². The monoisotopic (exact) mass is 468 g/mol. The molecule has 2 amide bonds. The van der Waals surface area contributed by atoms with Crippen LogP contribution in [0.25, 0.3) is 0 Å². The Morgan fingerprint density at radius 2 is 1.94 bits per heavy atom. The van der Waals surface area contributed by atoms with E-state index in [9.17, 15) is 14.0 Å². The number of halogens is 1. The molecule has 2 atom stereocenters. The fourth-order valence-corrected chi connectivity index (χ4v) is 3.50. The van der Waals surface area contributed by atoms with Crippen LogP contribution in [0.1, 0.15) is 41.1 Å². The van der Waals surface area contributed by atoms with E-state index in [1.54, 1.807) is 35.2 Å². The first-order chi connectivity index (χ1) is 16.4. The maximum absolute atomic E-state index is 14.7. The number of oxazole rings is 1. The van der Waals surface area contributed by atoms with Crippen molar-refractivity contribution in [3.63, 3.8) is 0 Å². The van der Waals surface area contributed by atoms with Crippen LogP contribution in [0, 0.1) is 0 Å². The van der Waals surface area contributed by atoms with Gasteiger partial charge in [-0.05, 0) is 32.0 Å². The van der Waals surface area contributed by atoms with Crippen LogP contribution in [0.3, 0.4) is 0 Å². The molecule has 0 bridgehead atoms. The van der Waals surface area contributed by atoms with Crippen molar-refractivity contribution in [1.82, 2.24) is 20.3 Å². The molecule has 0 unspecified atom stereocenters. The molecule has 1 fully saturated rings. The van der Waals surface area contributed by atoms with E-state index in [0.717, 1.165) is 0 Å². The number of piperidine rings is 1. The van der Waals surface area contributed by atoms with Gasteiger partial charge >= 0.3 is 6.01 Å². The summed E-state index contributed by atoms with van der Waals surface area (Å²) in [5.41, 5.74) is 0.693. The molecule has 34 heavy (non-hydrogen) atoms. The Morgan fingerprint density at radius 1 is 1.18 bits per heavy atom. The second kappa shape index (κ2) is 10.3. The van der Waals surface area contributed by atoms with Crippen LogP contribution in [0.5, 0.6) is 6.01 Å². The molecule has 178 valence electrons. The van der Waals surface area contributed by atoms with Crippen LogP contribution >= 0.6 is 0 Å². The number of benzene rings is 1. The number of alkyl halides is 1. The molecule has 0 spiro atoms. The number of amides is 2. The van der Waals surface area contributed by atoms with Gasteiger partial charge in [0, 0.05) is 31.4 Å². The molecule has 3 aromatic rings. The number of ether oxygens (including phenoxy) is 1. The van der Waals surface area contributed by atoms with Gasteiger partial charge in [0.15, 0.2) is 11.9 Å². The summed E-state index contributed by atoms with van der Waals surface area (Å²) in [6.07, 6.45) is 2.60. The number of nitrogens with zero attached hydrogens (tertiary/aromatic N) is 4. The SMILES string of the molecule is CC(C)NC(=O)c1ccccc1NC(=O)c1coc(N2CC[C@@H](Oc3ncccn3)[C@@H](F)C2)n1. The van der Waals surface area contributed by atoms with Crippen molar-refractivity contribution < 1.29 is 23.1 Å². The van der Waals surface area contributed by atoms with Gasteiger partial charge in [-0.25, -0.2) is 14.4 Å². The van der Waals surface area contributed by atoms with E-state index >= 15 is 0 Å². The van der Waals surface area contributed by atoms with Crippen molar-refractivity contribution in [2.24, 2.45) is 0 Å². The van der Waals surface area contributed by atoms with Crippen molar-refractivity contribution in [3.05, 3.63) is 60.2 Å². The number of rotatable bonds is 7. The minimum atomic E-state index is -1.33. The first-order valence-electron chi connectivity index (χ1n) is 10.9. The van der Waals surface area contributed by atoms with Crippen LogP contribution in [0.15, 0.2) is 53.4 Å². The molecule has 4 rings (SSSR count). The number of carbonyl (C=O) groups is 2. The Balaban J connectivity index is 1.38. The maximum atomic E-state index is 14.7. The number of carbonyl (C=O) groups excluding carboxylic acids is 2. The van der Waals surface area contributed by atoms with Crippen molar-refractivity contribution in [3.8, 4) is 6.01 Å². The average Bonchev–Trinajstić information content (AvgIpc) is 3.31. The zero-order valence-electron chi connectivity index (χ0n) is 18.8. The van der Waals surface area contributed by atoms with Gasteiger partial charge in [-0.15, -0.1) is 0 Å². The molecule has 0 aliphatic carbocycles. The zero-order valence-corrected chi connectivity index (χ0v) is 18.8. The summed E-state index contributed by atoms with van der Waals surface area (Å²) >= 11 is 0. The van der Waals surface area contributed by atoms with Crippen molar-refractivity contribution in [2.45, 2.75) is 38.6 Å². The lowest BCUT2D eigenvalue weighted by atomic mass is 10.1. The second-order valence-corrected chi connectivity index (χ2v) is 8.08. The van der Waals surface area contributed by atoms with Crippen LogP contribution in [-0.4, -0.2) is 58.2 Å². The molecule has 0 radical (unpaired) electrons. The molecule has 10 nitrogen and oxygen atoms in total. The van der Waals surface area contributed by atoms with Gasteiger partial charge in [-0.2, -0.15) is 4.98 Å². The number of para-hydroxylation sites is 1. The van der Waals surface area contributed by atoms with Gasteiger partial charge in [0.1, 0.15) is 12.4 Å². The Morgan fingerprint density at radius 3 is 2.68 bits per heavy atom. The van der Waals surface area contributed by atoms with Crippen LogP contribution in [0.4, 0.5) is 16.1 Å². The molecule has 1 aliphatic heterocycles. The molecule has 1 saturated heterocycles. The van der Waals surface area contributed by atoms with E-state index in [1.165, 1.54) is 18.7 Å². The third kappa shape index (κ3) is 5.48. The Bertz CT molecular complexity index is 1140. The number of nitrogens with one attached hydrogen (secondary N) is 2. The fourth-order valence-electron chi connectivity index (χ4n) is 3.50. The van der Waals surface area contributed by atoms with Crippen LogP contribution in [-0.2, 0) is 0 Å². The zero-order chi connectivity index (χ0) is 24.1. The predicted octanol–water partition coefficient (Wildman–Crippen LogP) is 2.85. The van der Waals surface area contributed by atoms with Gasteiger partial charge in [-0.1, -0.05) is 12.1 Å². The number of anilines is 2. The van der Waals surface area contributed by atoms with Gasteiger partial charge in [-0.3, -0.25) is 9.59 Å². The largest absolute Gasteiger partial charge is 0.457 e. The van der Waals surface area contributed by atoms with E-state index in [-0.39, 0.29) is 36.2 Å². The lowest BCUT2D eigenvalue weighted by Gasteiger charge is -2.33. The number of aromatic nitrogens is 3. The second-order valence-electron chi connectivity index (χ2n) is 8.08. The summed E-state index contributed by atoms with van der Waals surface area (Å²) in [5.74, 6) is -0.845. The molecule has 2 aromatic heterocycles.